The smallest absolute Gasteiger partial charge is 0.329 e. The van der Waals surface area contributed by atoms with E-state index in [0.29, 0.717) is 13.0 Å². The van der Waals surface area contributed by atoms with E-state index in [9.17, 15) is 24.6 Å². The van der Waals surface area contributed by atoms with Crippen molar-refractivity contribution >= 4 is 23.6 Å². The molecule has 0 spiro atoms. The first-order chi connectivity index (χ1) is 18.2. The maximum atomic E-state index is 12.7. The van der Waals surface area contributed by atoms with Crippen LogP contribution in [0.4, 0.5) is 5.82 Å². The Balaban J connectivity index is 1.20. The number of aliphatic hydroxyl groups is 1. The van der Waals surface area contributed by atoms with Crippen molar-refractivity contribution in [2.75, 3.05) is 25.0 Å². The number of nitrogens with zero attached hydrogens (tertiary/aromatic N) is 4. The van der Waals surface area contributed by atoms with Crippen molar-refractivity contribution in [1.29, 1.82) is 0 Å². The molecule has 11 heteroatoms. The minimum Gasteiger partial charge on any atom is -0.480 e. The Morgan fingerprint density at radius 2 is 1.95 bits per heavy atom. The molecule has 0 bridgehead atoms. The van der Waals surface area contributed by atoms with Gasteiger partial charge in [0.1, 0.15) is 5.82 Å². The Bertz CT molecular complexity index is 1140. The van der Waals surface area contributed by atoms with Crippen LogP contribution in [0.3, 0.4) is 0 Å². The number of piperidine rings is 1. The van der Waals surface area contributed by atoms with E-state index in [2.05, 4.69) is 27.9 Å². The fourth-order valence-electron chi connectivity index (χ4n) is 5.18. The minimum atomic E-state index is -1.62. The molecule has 11 nitrogen and oxygen atoms in total. The number of pyridine rings is 1. The number of carboxylic acid groups (broad SMARTS) is 1. The summed E-state index contributed by atoms with van der Waals surface area (Å²) < 4.78 is 1.66. The first-order valence-corrected chi connectivity index (χ1v) is 13.5. The van der Waals surface area contributed by atoms with Crippen molar-refractivity contribution in [3.8, 4) is 0 Å². The van der Waals surface area contributed by atoms with Gasteiger partial charge < -0.3 is 25.7 Å². The van der Waals surface area contributed by atoms with Crippen molar-refractivity contribution in [3.63, 3.8) is 0 Å². The van der Waals surface area contributed by atoms with Crippen LogP contribution in [0, 0.1) is 6.92 Å². The predicted octanol–water partition coefficient (Wildman–Crippen LogP) is 1.67. The number of rotatable bonds is 11. The number of aromatic nitrogens is 3. The van der Waals surface area contributed by atoms with Gasteiger partial charge in [-0.05, 0) is 69.6 Å². The highest BCUT2D eigenvalue weighted by Crippen LogP contribution is 2.27. The molecule has 0 radical (unpaired) electrons. The first kappa shape index (κ1) is 27.6. The summed E-state index contributed by atoms with van der Waals surface area (Å²) in [7, 11) is 0. The molecule has 2 aromatic rings. The molecule has 1 unspecified atom stereocenters. The van der Waals surface area contributed by atoms with Gasteiger partial charge in [0.15, 0.2) is 6.04 Å². The number of hydrogen-bond donors (Lipinski definition) is 4. The molecular formula is C27H38N6O5. The van der Waals surface area contributed by atoms with Gasteiger partial charge in [0, 0.05) is 56.6 Å². The second-order valence-electron chi connectivity index (χ2n) is 10.3. The maximum Gasteiger partial charge on any atom is 0.329 e. The number of nitrogens with one attached hydrogen (secondary N) is 2. The van der Waals surface area contributed by atoms with Crippen LogP contribution in [0.1, 0.15) is 61.9 Å². The molecule has 0 aromatic carbocycles. The zero-order chi connectivity index (χ0) is 27.1. The van der Waals surface area contributed by atoms with Gasteiger partial charge in [0.05, 0.1) is 5.60 Å². The van der Waals surface area contributed by atoms with Crippen LogP contribution in [-0.4, -0.2) is 78.9 Å². The van der Waals surface area contributed by atoms with Gasteiger partial charge in [-0.15, -0.1) is 0 Å². The summed E-state index contributed by atoms with van der Waals surface area (Å²) in [5.41, 5.74) is 1.56. The Morgan fingerprint density at radius 3 is 2.66 bits per heavy atom. The molecule has 4 rings (SSSR count). The SMILES string of the molecule is Cc1ccnn1CCC(=O)NC(C(=O)O)C1(O)CCN(C(=O)CCCCc2ccc3c(n2)NCCC3)CC1. The van der Waals surface area contributed by atoms with Gasteiger partial charge >= 0.3 is 5.97 Å². The monoisotopic (exact) mass is 526 g/mol. The molecule has 1 fully saturated rings. The molecule has 4 heterocycles. The van der Waals surface area contributed by atoms with E-state index in [-0.39, 0.29) is 38.3 Å². The summed E-state index contributed by atoms with van der Waals surface area (Å²) >= 11 is 0. The Kier molecular flexibility index (Phi) is 8.98. The van der Waals surface area contributed by atoms with E-state index in [1.165, 1.54) is 5.56 Å². The van der Waals surface area contributed by atoms with E-state index in [0.717, 1.165) is 55.9 Å². The van der Waals surface area contributed by atoms with E-state index in [4.69, 9.17) is 4.98 Å². The number of anilines is 1. The maximum absolute atomic E-state index is 12.7. The summed E-state index contributed by atoms with van der Waals surface area (Å²) in [6.45, 7) is 3.64. The van der Waals surface area contributed by atoms with Gasteiger partial charge in [-0.2, -0.15) is 5.10 Å². The van der Waals surface area contributed by atoms with Gasteiger partial charge in [-0.25, -0.2) is 9.78 Å². The molecule has 2 aliphatic heterocycles. The largest absolute Gasteiger partial charge is 0.480 e. The van der Waals surface area contributed by atoms with Crippen molar-refractivity contribution in [2.24, 2.45) is 0 Å². The van der Waals surface area contributed by atoms with Crippen molar-refractivity contribution in [2.45, 2.75) is 82.9 Å². The van der Waals surface area contributed by atoms with E-state index >= 15 is 0 Å². The molecule has 2 aliphatic rings. The Morgan fingerprint density at radius 1 is 1.16 bits per heavy atom. The minimum absolute atomic E-state index is 0.00220. The molecule has 206 valence electrons. The van der Waals surface area contributed by atoms with E-state index < -0.39 is 23.5 Å². The number of aryl methyl sites for hydroxylation is 4. The second-order valence-corrected chi connectivity index (χ2v) is 10.3. The summed E-state index contributed by atoms with van der Waals surface area (Å²) in [6.07, 6.45) is 6.81. The highest BCUT2D eigenvalue weighted by atomic mass is 16.4. The van der Waals surface area contributed by atoms with E-state index in [1.807, 2.05) is 13.0 Å². The normalized spacial score (nSPS) is 17.3. The third-order valence-electron chi connectivity index (χ3n) is 7.58. The number of carboxylic acids is 1. The molecule has 2 amide bonds. The summed E-state index contributed by atoms with van der Waals surface area (Å²) in [5.74, 6) is -0.780. The number of amides is 2. The van der Waals surface area contributed by atoms with Crippen LogP contribution < -0.4 is 10.6 Å². The molecule has 4 N–H and O–H groups in total. The standard InChI is InChI=1S/C27H38N6O5/c1-19-10-15-29-33(19)16-11-22(34)31-24(26(36)37)27(38)12-17-32(18-13-27)23(35)7-3-2-6-21-9-8-20-5-4-14-28-25(20)30-21/h8-10,15,24,38H,2-7,11-14,16-18H2,1H3,(H,28,30)(H,31,34)(H,36,37). The molecule has 1 atom stereocenters. The van der Waals surface area contributed by atoms with Crippen LogP contribution in [0.25, 0.3) is 0 Å². The molecule has 38 heavy (non-hydrogen) atoms. The summed E-state index contributed by atoms with van der Waals surface area (Å²) in [6, 6.07) is 4.58. The quantitative estimate of drug-likeness (QED) is 0.323. The highest BCUT2D eigenvalue weighted by molar-refractivity contribution is 5.84. The predicted molar refractivity (Wildman–Crippen MR) is 141 cm³/mol. The lowest BCUT2D eigenvalue weighted by molar-refractivity contribution is -0.155. The third-order valence-corrected chi connectivity index (χ3v) is 7.58. The topological polar surface area (TPSA) is 150 Å². The number of likely N-dealkylation sites (tertiary alicyclic amines) is 1. The third kappa shape index (κ3) is 6.89. The van der Waals surface area contributed by atoms with Crippen molar-refractivity contribution in [1.82, 2.24) is 25.0 Å². The van der Waals surface area contributed by atoms with Gasteiger partial charge in [-0.3, -0.25) is 14.3 Å². The summed E-state index contributed by atoms with van der Waals surface area (Å²) in [4.78, 5) is 43.5. The molecule has 0 aliphatic carbocycles. The summed E-state index contributed by atoms with van der Waals surface area (Å²) in [5, 5.41) is 30.8. The lowest BCUT2D eigenvalue weighted by Crippen LogP contribution is -2.61. The van der Waals surface area contributed by atoms with Crippen LogP contribution in [0.15, 0.2) is 24.4 Å². The Hall–Kier alpha value is -3.47. The average Bonchev–Trinajstić information content (AvgIpc) is 3.33. The number of aliphatic carboxylic acids is 1. The number of carbonyl (C=O) groups is 3. The fraction of sp³-hybridized carbons (Fsp3) is 0.593. The average molecular weight is 527 g/mol. The van der Waals surface area contributed by atoms with Crippen molar-refractivity contribution in [3.05, 3.63) is 41.3 Å². The lowest BCUT2D eigenvalue weighted by Gasteiger charge is -2.41. The van der Waals surface area contributed by atoms with Crippen LogP contribution in [-0.2, 0) is 33.8 Å². The fourth-order valence-corrected chi connectivity index (χ4v) is 5.18. The van der Waals surface area contributed by atoms with Crippen molar-refractivity contribution < 1.29 is 24.6 Å². The van der Waals surface area contributed by atoms with E-state index in [1.54, 1.807) is 15.8 Å². The molecule has 2 aromatic heterocycles. The van der Waals surface area contributed by atoms with Crippen LogP contribution in [0.2, 0.25) is 0 Å². The van der Waals surface area contributed by atoms with Gasteiger partial charge in [0.25, 0.3) is 0 Å². The molecule has 0 saturated carbocycles. The highest BCUT2D eigenvalue weighted by Gasteiger charge is 2.45. The zero-order valence-electron chi connectivity index (χ0n) is 22.0. The van der Waals surface area contributed by atoms with Crippen LogP contribution >= 0.6 is 0 Å². The number of unbranched alkanes of at least 4 members (excludes halogenated alkanes) is 1. The Labute approximate surface area is 222 Å². The number of fused-ring (bicyclic) bond motifs is 1. The molecular weight excluding hydrogens is 488 g/mol. The second kappa shape index (κ2) is 12.4. The number of carbonyl (C=O) groups excluding carboxylic acids is 2. The van der Waals surface area contributed by atoms with Crippen LogP contribution in [0.5, 0.6) is 0 Å². The van der Waals surface area contributed by atoms with Gasteiger partial charge in [0.2, 0.25) is 11.8 Å². The molecule has 1 saturated heterocycles. The first-order valence-electron chi connectivity index (χ1n) is 13.5. The number of hydrogen-bond acceptors (Lipinski definition) is 7. The zero-order valence-corrected chi connectivity index (χ0v) is 22.0. The van der Waals surface area contributed by atoms with Gasteiger partial charge in [-0.1, -0.05) is 6.07 Å². The lowest BCUT2D eigenvalue weighted by atomic mass is 9.83.